The van der Waals surface area contributed by atoms with E-state index in [4.69, 9.17) is 23.9 Å². The summed E-state index contributed by atoms with van der Waals surface area (Å²) in [7, 11) is 2.58. The Morgan fingerprint density at radius 2 is 1.60 bits per heavy atom. The fourth-order valence-corrected chi connectivity index (χ4v) is 2.59. The van der Waals surface area contributed by atoms with Gasteiger partial charge in [0.05, 0.1) is 32.0 Å². The van der Waals surface area contributed by atoms with Gasteiger partial charge in [-0.25, -0.2) is 0 Å². The summed E-state index contributed by atoms with van der Waals surface area (Å²) in [6.45, 7) is 8.13. The molecule has 7 nitrogen and oxygen atoms in total. The molecule has 0 bridgehead atoms. The Morgan fingerprint density at radius 3 is 2.00 bits per heavy atom. The Labute approximate surface area is 148 Å². The van der Waals surface area contributed by atoms with Crippen LogP contribution in [0.2, 0.25) is 0 Å². The van der Waals surface area contributed by atoms with Crippen LogP contribution in [-0.2, 0) is 20.6 Å². The van der Waals surface area contributed by atoms with Crippen LogP contribution in [0.1, 0.15) is 33.3 Å². The highest BCUT2D eigenvalue weighted by molar-refractivity contribution is 6.62. The van der Waals surface area contributed by atoms with E-state index in [9.17, 15) is 4.79 Å². The first-order valence-corrected chi connectivity index (χ1v) is 8.14. The zero-order valence-electron chi connectivity index (χ0n) is 15.6. The Bertz CT molecular complexity index is 605. The lowest BCUT2D eigenvalue weighted by molar-refractivity contribution is -0.136. The van der Waals surface area contributed by atoms with E-state index in [2.05, 4.69) is 5.32 Å². The third-order valence-electron chi connectivity index (χ3n) is 4.73. The lowest BCUT2D eigenvalue weighted by atomic mass is 9.78. The van der Waals surface area contributed by atoms with Crippen LogP contribution >= 0.6 is 0 Å². The van der Waals surface area contributed by atoms with Gasteiger partial charge in [0.25, 0.3) is 0 Å². The number of aliphatic carboxylic acids is 1. The highest BCUT2D eigenvalue weighted by atomic mass is 16.7. The highest BCUT2D eigenvalue weighted by Gasteiger charge is 2.52. The molecule has 0 atom stereocenters. The van der Waals surface area contributed by atoms with Crippen molar-refractivity contribution in [2.45, 2.75) is 45.4 Å². The first-order valence-electron chi connectivity index (χ1n) is 8.14. The molecule has 1 aliphatic rings. The number of carboxylic acid groups (broad SMARTS) is 1. The number of benzene rings is 1. The second kappa shape index (κ2) is 7.23. The molecule has 1 fully saturated rings. The molecule has 8 heteroatoms. The summed E-state index contributed by atoms with van der Waals surface area (Å²) in [5.74, 6) is 0.246. The van der Waals surface area contributed by atoms with Crippen molar-refractivity contribution in [3.05, 3.63) is 17.7 Å². The molecule has 1 aliphatic heterocycles. The van der Waals surface area contributed by atoms with Crippen molar-refractivity contribution in [2.75, 3.05) is 20.8 Å². The molecule has 0 saturated carbocycles. The number of hydrogen-bond donors (Lipinski definition) is 2. The molecule has 1 aromatic rings. The smallest absolute Gasteiger partial charge is 0.495 e. The number of hydrogen-bond acceptors (Lipinski definition) is 6. The second-order valence-electron chi connectivity index (χ2n) is 6.99. The average Bonchev–Trinajstić information content (AvgIpc) is 2.74. The molecular formula is C17H26BNO6. The predicted molar refractivity (Wildman–Crippen MR) is 94.6 cm³/mol. The largest absolute Gasteiger partial charge is 0.496 e. The first kappa shape index (κ1) is 19.6. The minimum absolute atomic E-state index is 0.148. The Balaban J connectivity index is 2.31. The first-order chi connectivity index (χ1) is 11.6. The van der Waals surface area contributed by atoms with Crippen molar-refractivity contribution in [1.29, 1.82) is 0 Å². The molecular weight excluding hydrogens is 325 g/mol. The fraction of sp³-hybridized carbons (Fsp3) is 0.588. The normalized spacial score (nSPS) is 18.2. The number of ether oxygens (including phenoxy) is 2. The highest BCUT2D eigenvalue weighted by Crippen LogP contribution is 2.37. The van der Waals surface area contributed by atoms with E-state index < -0.39 is 24.3 Å². The van der Waals surface area contributed by atoms with Gasteiger partial charge in [0, 0.05) is 12.1 Å². The summed E-state index contributed by atoms with van der Waals surface area (Å²) in [6.07, 6.45) is 0. The van der Waals surface area contributed by atoms with Crippen LogP contribution in [0, 0.1) is 0 Å². The molecule has 1 heterocycles. The van der Waals surface area contributed by atoms with Crippen LogP contribution in [0.25, 0.3) is 0 Å². The number of nitrogens with one attached hydrogen (secondary N) is 1. The summed E-state index contributed by atoms with van der Waals surface area (Å²) in [6, 6.07) is 3.67. The van der Waals surface area contributed by atoms with Crippen molar-refractivity contribution in [1.82, 2.24) is 5.32 Å². The minimum atomic E-state index is -0.924. The second-order valence-corrected chi connectivity index (χ2v) is 6.99. The van der Waals surface area contributed by atoms with Gasteiger partial charge in [-0.2, -0.15) is 0 Å². The van der Waals surface area contributed by atoms with Gasteiger partial charge in [0.1, 0.15) is 11.5 Å². The van der Waals surface area contributed by atoms with Gasteiger partial charge in [-0.1, -0.05) is 0 Å². The summed E-state index contributed by atoms with van der Waals surface area (Å²) in [5, 5.41) is 11.6. The van der Waals surface area contributed by atoms with Crippen molar-refractivity contribution < 1.29 is 28.7 Å². The number of methoxy groups -OCH3 is 2. The van der Waals surface area contributed by atoms with Crippen LogP contribution in [0.4, 0.5) is 0 Å². The molecule has 2 rings (SSSR count). The van der Waals surface area contributed by atoms with Gasteiger partial charge in [-0.05, 0) is 45.3 Å². The summed E-state index contributed by atoms with van der Waals surface area (Å²) < 4.78 is 23.1. The molecule has 0 radical (unpaired) electrons. The third kappa shape index (κ3) is 4.08. The van der Waals surface area contributed by atoms with Crippen molar-refractivity contribution in [3.63, 3.8) is 0 Å². The van der Waals surface area contributed by atoms with Crippen molar-refractivity contribution >= 4 is 18.6 Å². The predicted octanol–water partition coefficient (Wildman–Crippen LogP) is 1.18. The van der Waals surface area contributed by atoms with Crippen LogP contribution < -0.4 is 20.3 Å². The Hall–Kier alpha value is -1.77. The molecule has 0 amide bonds. The zero-order chi connectivity index (χ0) is 18.8. The van der Waals surface area contributed by atoms with E-state index in [0.29, 0.717) is 18.0 Å². The van der Waals surface area contributed by atoms with Crippen LogP contribution in [-0.4, -0.2) is 50.2 Å². The van der Waals surface area contributed by atoms with Crippen LogP contribution in [0.3, 0.4) is 0 Å². The van der Waals surface area contributed by atoms with Gasteiger partial charge in [-0.15, -0.1) is 0 Å². The van der Waals surface area contributed by atoms with E-state index in [1.165, 1.54) is 0 Å². The van der Waals surface area contributed by atoms with E-state index in [-0.39, 0.29) is 6.54 Å². The van der Waals surface area contributed by atoms with E-state index in [1.54, 1.807) is 14.2 Å². The van der Waals surface area contributed by atoms with Gasteiger partial charge < -0.3 is 29.2 Å². The molecule has 0 spiro atoms. The molecule has 0 unspecified atom stereocenters. The fourth-order valence-electron chi connectivity index (χ4n) is 2.59. The maximum absolute atomic E-state index is 10.7. The molecule has 0 aromatic heterocycles. The molecule has 25 heavy (non-hydrogen) atoms. The Morgan fingerprint density at radius 1 is 1.12 bits per heavy atom. The monoisotopic (exact) mass is 351 g/mol. The third-order valence-corrected chi connectivity index (χ3v) is 4.73. The van der Waals surface area contributed by atoms with Gasteiger partial charge in [0.15, 0.2) is 0 Å². The van der Waals surface area contributed by atoms with Crippen LogP contribution in [0.15, 0.2) is 12.1 Å². The van der Waals surface area contributed by atoms with Gasteiger partial charge in [-0.3, -0.25) is 4.79 Å². The molecule has 0 aliphatic carbocycles. The van der Waals surface area contributed by atoms with Gasteiger partial charge >= 0.3 is 13.1 Å². The molecule has 1 saturated heterocycles. The molecule has 2 N–H and O–H groups in total. The van der Waals surface area contributed by atoms with E-state index in [0.717, 1.165) is 11.0 Å². The SMILES string of the molecule is COc1cc(B2OC(C)(C)C(C)(C)O2)cc(OC)c1CNCC(=O)O. The number of carboxylic acids is 1. The summed E-state index contributed by atoms with van der Waals surface area (Å²) in [4.78, 5) is 10.7. The topological polar surface area (TPSA) is 86.3 Å². The van der Waals surface area contributed by atoms with E-state index in [1.807, 2.05) is 39.8 Å². The zero-order valence-corrected chi connectivity index (χ0v) is 15.6. The Kier molecular flexibility index (Phi) is 5.66. The number of carbonyl (C=O) groups is 1. The lowest BCUT2D eigenvalue weighted by Gasteiger charge is -2.32. The summed E-state index contributed by atoms with van der Waals surface area (Å²) in [5.41, 5.74) is 0.639. The maximum Gasteiger partial charge on any atom is 0.495 e. The number of rotatable bonds is 7. The van der Waals surface area contributed by atoms with E-state index >= 15 is 0 Å². The van der Waals surface area contributed by atoms with Gasteiger partial charge in [0.2, 0.25) is 0 Å². The van der Waals surface area contributed by atoms with Crippen molar-refractivity contribution in [2.24, 2.45) is 0 Å². The van der Waals surface area contributed by atoms with Crippen LogP contribution in [0.5, 0.6) is 11.5 Å². The standard InChI is InChI=1S/C17H26BNO6/c1-16(2)17(3,4)25-18(24-16)11-7-13(22-5)12(14(8-11)23-6)9-19-10-15(20)21/h7-8,19H,9-10H2,1-6H3,(H,20,21). The quantitative estimate of drug-likeness (QED) is 0.714. The van der Waals surface area contributed by atoms with Crippen molar-refractivity contribution in [3.8, 4) is 11.5 Å². The molecule has 138 valence electrons. The summed E-state index contributed by atoms with van der Waals surface area (Å²) >= 11 is 0. The minimum Gasteiger partial charge on any atom is -0.496 e. The average molecular weight is 351 g/mol. The lowest BCUT2D eigenvalue weighted by Crippen LogP contribution is -2.41. The maximum atomic E-state index is 10.7. The molecule has 1 aromatic carbocycles.